The molecule has 1 aliphatic rings. The molecule has 1 saturated heterocycles. The molecule has 0 spiro atoms. The van der Waals surface area contributed by atoms with E-state index in [-0.39, 0.29) is 24.4 Å². The van der Waals surface area contributed by atoms with Crippen LogP contribution in [0.3, 0.4) is 0 Å². The molecule has 1 fully saturated rings. The fourth-order valence-corrected chi connectivity index (χ4v) is 3.61. The summed E-state index contributed by atoms with van der Waals surface area (Å²) in [5.41, 5.74) is -0.332. The van der Waals surface area contributed by atoms with Gasteiger partial charge in [0.15, 0.2) is 0 Å². The zero-order chi connectivity index (χ0) is 19.9. The van der Waals surface area contributed by atoms with Gasteiger partial charge in [0.1, 0.15) is 12.1 Å². The quantitative estimate of drug-likeness (QED) is 0.488. The highest BCUT2D eigenvalue weighted by molar-refractivity contribution is 6.09. The third-order valence-corrected chi connectivity index (χ3v) is 5.02. The van der Waals surface area contributed by atoms with E-state index in [0.29, 0.717) is 6.42 Å². The van der Waals surface area contributed by atoms with Crippen LogP contribution < -0.4 is 10.6 Å². The molecule has 0 bridgehead atoms. The molecule has 0 unspecified atom stereocenters. The Kier molecular flexibility index (Phi) is 7.39. The maximum Gasteiger partial charge on any atom is 0.325 e. The van der Waals surface area contributed by atoms with Gasteiger partial charge in [-0.15, -0.1) is 0 Å². The Labute approximate surface area is 161 Å². The van der Waals surface area contributed by atoms with Crippen molar-refractivity contribution in [2.24, 2.45) is 0 Å². The van der Waals surface area contributed by atoms with E-state index in [2.05, 4.69) is 17.6 Å². The average molecular weight is 373 g/mol. The van der Waals surface area contributed by atoms with E-state index < -0.39 is 11.6 Å². The van der Waals surface area contributed by atoms with Crippen molar-refractivity contribution < 1.29 is 14.4 Å². The first kappa shape index (κ1) is 20.9. The largest absolute Gasteiger partial charge is 0.352 e. The molecule has 0 aliphatic carbocycles. The second-order valence-corrected chi connectivity index (χ2v) is 7.31. The van der Waals surface area contributed by atoms with Crippen LogP contribution in [0.5, 0.6) is 0 Å². The summed E-state index contributed by atoms with van der Waals surface area (Å²) in [6.45, 7) is 5.81. The Hall–Kier alpha value is -2.37. The predicted molar refractivity (Wildman–Crippen MR) is 105 cm³/mol. The van der Waals surface area contributed by atoms with Crippen molar-refractivity contribution in [3.8, 4) is 0 Å². The maximum absolute atomic E-state index is 13.1. The zero-order valence-electron chi connectivity index (χ0n) is 16.6. The van der Waals surface area contributed by atoms with Crippen LogP contribution in [0.25, 0.3) is 0 Å². The summed E-state index contributed by atoms with van der Waals surface area (Å²) in [4.78, 5) is 39.0. The highest BCUT2D eigenvalue weighted by Crippen LogP contribution is 2.33. The molecule has 1 heterocycles. The van der Waals surface area contributed by atoms with E-state index in [0.717, 1.165) is 42.6 Å². The van der Waals surface area contributed by atoms with Crippen LogP contribution in [0.2, 0.25) is 0 Å². The van der Waals surface area contributed by atoms with E-state index in [9.17, 15) is 14.4 Å². The lowest BCUT2D eigenvalue weighted by molar-refractivity contribution is -0.135. The van der Waals surface area contributed by atoms with Crippen LogP contribution in [-0.2, 0) is 15.1 Å². The number of unbranched alkanes of at least 4 members (excludes halogenated alkanes) is 2. The van der Waals surface area contributed by atoms with Gasteiger partial charge in [0.05, 0.1) is 0 Å². The molecule has 1 aromatic carbocycles. The molecule has 148 valence electrons. The highest BCUT2D eigenvalue weighted by atomic mass is 16.2. The number of nitrogens with one attached hydrogen (secondary N) is 2. The van der Waals surface area contributed by atoms with Gasteiger partial charge < -0.3 is 10.6 Å². The van der Waals surface area contributed by atoms with Crippen LogP contribution >= 0.6 is 0 Å². The summed E-state index contributed by atoms with van der Waals surface area (Å²) >= 11 is 0. The van der Waals surface area contributed by atoms with Crippen LogP contribution in [0.4, 0.5) is 4.79 Å². The topological polar surface area (TPSA) is 78.5 Å². The smallest absolute Gasteiger partial charge is 0.325 e. The first-order valence-corrected chi connectivity index (χ1v) is 9.93. The second-order valence-electron chi connectivity index (χ2n) is 7.31. The summed E-state index contributed by atoms with van der Waals surface area (Å²) in [7, 11) is 0. The van der Waals surface area contributed by atoms with Crippen molar-refractivity contribution >= 4 is 17.8 Å². The Balaban J connectivity index is 2.07. The molecule has 0 saturated carbocycles. The number of hydrogen-bond donors (Lipinski definition) is 2. The van der Waals surface area contributed by atoms with Gasteiger partial charge in [-0.25, -0.2) is 4.79 Å². The van der Waals surface area contributed by atoms with Crippen LogP contribution in [0.1, 0.15) is 64.9 Å². The summed E-state index contributed by atoms with van der Waals surface area (Å²) < 4.78 is 0. The minimum Gasteiger partial charge on any atom is -0.352 e. The Bertz CT molecular complexity index is 662. The van der Waals surface area contributed by atoms with Gasteiger partial charge >= 0.3 is 6.03 Å². The number of imide groups is 1. The summed E-state index contributed by atoms with van der Waals surface area (Å²) in [6, 6.07) is 8.76. The zero-order valence-corrected chi connectivity index (χ0v) is 16.6. The molecule has 4 amide bonds. The molecule has 2 N–H and O–H groups in total. The van der Waals surface area contributed by atoms with Crippen molar-refractivity contribution in [3.63, 3.8) is 0 Å². The normalized spacial score (nSPS) is 20.5. The SMILES string of the molecule is CCCCC[C@@H](C)NC(=O)CN1C(=O)N[C@](CCC)(c2ccccc2)C1=O. The van der Waals surface area contributed by atoms with Gasteiger partial charge in [-0.05, 0) is 25.3 Å². The number of amides is 4. The summed E-state index contributed by atoms with van der Waals surface area (Å²) in [6.07, 6.45) is 5.42. The van der Waals surface area contributed by atoms with E-state index in [1.807, 2.05) is 44.2 Å². The van der Waals surface area contributed by atoms with E-state index >= 15 is 0 Å². The molecule has 6 nitrogen and oxygen atoms in total. The van der Waals surface area contributed by atoms with Gasteiger partial charge in [0, 0.05) is 6.04 Å². The Morgan fingerprint density at radius 1 is 1.15 bits per heavy atom. The number of nitrogens with zero attached hydrogens (tertiary/aromatic N) is 1. The summed E-state index contributed by atoms with van der Waals surface area (Å²) in [5.74, 6) is -0.655. The predicted octanol–water partition coefficient (Wildman–Crippen LogP) is 3.32. The molecular formula is C21H31N3O3. The van der Waals surface area contributed by atoms with Crippen LogP contribution in [0, 0.1) is 0 Å². The first-order chi connectivity index (χ1) is 12.9. The second kappa shape index (κ2) is 9.53. The van der Waals surface area contributed by atoms with E-state index in [4.69, 9.17) is 0 Å². The van der Waals surface area contributed by atoms with Gasteiger partial charge in [-0.1, -0.05) is 69.9 Å². The lowest BCUT2D eigenvalue weighted by Gasteiger charge is -2.27. The molecule has 2 rings (SSSR count). The van der Waals surface area contributed by atoms with Crippen molar-refractivity contribution in [2.45, 2.75) is 70.9 Å². The monoisotopic (exact) mass is 373 g/mol. The number of benzene rings is 1. The Morgan fingerprint density at radius 2 is 1.85 bits per heavy atom. The van der Waals surface area contributed by atoms with Crippen LogP contribution in [-0.4, -0.2) is 35.3 Å². The fourth-order valence-electron chi connectivity index (χ4n) is 3.61. The molecule has 1 aromatic rings. The maximum atomic E-state index is 13.1. The van der Waals surface area contributed by atoms with Crippen molar-refractivity contribution in [1.82, 2.24) is 15.5 Å². The van der Waals surface area contributed by atoms with Crippen LogP contribution in [0.15, 0.2) is 30.3 Å². The minimum atomic E-state index is -1.08. The van der Waals surface area contributed by atoms with E-state index in [1.165, 1.54) is 0 Å². The molecular weight excluding hydrogens is 342 g/mol. The standard InChI is InChI=1S/C21H31N3O3/c1-4-6-8-11-16(3)22-18(25)15-24-19(26)21(14-5-2,23-20(24)27)17-12-9-7-10-13-17/h7,9-10,12-13,16H,4-6,8,11,14-15H2,1-3H3,(H,22,25)(H,23,27)/t16-,21-/m1/s1. The molecule has 1 aliphatic heterocycles. The molecule has 0 radical (unpaired) electrons. The lowest BCUT2D eigenvalue weighted by atomic mass is 9.85. The lowest BCUT2D eigenvalue weighted by Crippen LogP contribution is -2.46. The Morgan fingerprint density at radius 3 is 2.48 bits per heavy atom. The van der Waals surface area contributed by atoms with Crippen molar-refractivity contribution in [1.29, 1.82) is 0 Å². The molecule has 2 atom stereocenters. The van der Waals surface area contributed by atoms with E-state index in [1.54, 1.807) is 0 Å². The van der Waals surface area contributed by atoms with Gasteiger partial charge in [0.2, 0.25) is 5.91 Å². The van der Waals surface area contributed by atoms with Gasteiger partial charge in [-0.3, -0.25) is 14.5 Å². The number of hydrogen-bond acceptors (Lipinski definition) is 3. The number of carbonyl (C=O) groups is 3. The summed E-state index contributed by atoms with van der Waals surface area (Å²) in [5, 5.41) is 5.74. The van der Waals surface area contributed by atoms with Crippen molar-refractivity contribution in [2.75, 3.05) is 6.54 Å². The molecule has 6 heteroatoms. The highest BCUT2D eigenvalue weighted by Gasteiger charge is 2.52. The molecule has 0 aromatic heterocycles. The first-order valence-electron chi connectivity index (χ1n) is 9.93. The van der Waals surface area contributed by atoms with Gasteiger partial charge in [-0.2, -0.15) is 0 Å². The van der Waals surface area contributed by atoms with Crippen molar-refractivity contribution in [3.05, 3.63) is 35.9 Å². The minimum absolute atomic E-state index is 0.0272. The van der Waals surface area contributed by atoms with Gasteiger partial charge in [0.25, 0.3) is 5.91 Å². The number of rotatable bonds is 10. The third kappa shape index (κ3) is 4.87. The average Bonchev–Trinajstić information content (AvgIpc) is 2.88. The number of urea groups is 1. The fraction of sp³-hybridized carbons (Fsp3) is 0.571. The third-order valence-electron chi connectivity index (χ3n) is 5.02. The number of carbonyl (C=O) groups excluding carboxylic acids is 3. The molecule has 27 heavy (non-hydrogen) atoms.